The van der Waals surface area contributed by atoms with Crippen LogP contribution in [-0.2, 0) is 16.6 Å². The molecule has 0 saturated carbocycles. The van der Waals surface area contributed by atoms with Gasteiger partial charge in [0, 0.05) is 13.1 Å². The third-order valence-electron chi connectivity index (χ3n) is 1.87. The fraction of sp³-hybridized carbons (Fsp3) is 0.333. The van der Waals surface area contributed by atoms with Crippen LogP contribution in [-0.4, -0.2) is 26.7 Å². The minimum atomic E-state index is -3.50. The molecule has 1 rings (SSSR count). The Labute approximate surface area is 89.0 Å². The van der Waals surface area contributed by atoms with Gasteiger partial charge in [0.2, 0.25) is 10.0 Å². The molecule has 15 heavy (non-hydrogen) atoms. The van der Waals surface area contributed by atoms with Gasteiger partial charge in [-0.2, -0.15) is 0 Å². The van der Waals surface area contributed by atoms with Gasteiger partial charge in [-0.25, -0.2) is 13.1 Å². The summed E-state index contributed by atoms with van der Waals surface area (Å²) in [6, 6.07) is 6.30. The highest BCUT2D eigenvalue weighted by Gasteiger charge is 2.12. The molecule has 0 unspecified atom stereocenters. The van der Waals surface area contributed by atoms with E-state index in [9.17, 15) is 8.42 Å². The lowest BCUT2D eigenvalue weighted by molar-refractivity contribution is 0.301. The Kier molecular flexibility index (Phi) is 4.22. The zero-order chi connectivity index (χ0) is 11.3. The van der Waals surface area contributed by atoms with Gasteiger partial charge in [-0.1, -0.05) is 12.1 Å². The van der Waals surface area contributed by atoms with Crippen molar-refractivity contribution in [3.05, 3.63) is 29.8 Å². The molecule has 5 nitrogen and oxygen atoms in total. The average molecular weight is 230 g/mol. The Morgan fingerprint density at radius 3 is 2.33 bits per heavy atom. The summed E-state index contributed by atoms with van der Waals surface area (Å²) < 4.78 is 25.3. The quantitative estimate of drug-likeness (QED) is 0.630. The second-order valence-corrected chi connectivity index (χ2v) is 4.74. The van der Waals surface area contributed by atoms with Crippen molar-refractivity contribution in [3.8, 4) is 0 Å². The number of sulfonamides is 1. The first-order valence-corrected chi connectivity index (χ1v) is 5.98. The molecule has 1 aromatic rings. The topological polar surface area (TPSA) is 92.4 Å². The van der Waals surface area contributed by atoms with E-state index in [1.165, 1.54) is 12.1 Å². The van der Waals surface area contributed by atoms with E-state index in [0.717, 1.165) is 5.56 Å². The molecule has 0 aliphatic carbocycles. The van der Waals surface area contributed by atoms with Crippen LogP contribution in [0.25, 0.3) is 0 Å². The first-order chi connectivity index (χ1) is 7.10. The molecule has 4 N–H and O–H groups in total. The van der Waals surface area contributed by atoms with Gasteiger partial charge in [0.25, 0.3) is 0 Å². The molecule has 0 saturated heterocycles. The molecule has 1 aromatic carbocycles. The minimum Gasteiger partial charge on any atom is -0.395 e. The number of nitrogens with two attached hydrogens (primary N) is 1. The van der Waals surface area contributed by atoms with Gasteiger partial charge in [-0.3, -0.25) is 0 Å². The number of rotatable bonds is 5. The van der Waals surface area contributed by atoms with Crippen LogP contribution >= 0.6 is 0 Å². The number of nitrogens with one attached hydrogen (secondary N) is 1. The molecule has 0 atom stereocenters. The van der Waals surface area contributed by atoms with Crippen molar-refractivity contribution < 1.29 is 13.5 Å². The van der Waals surface area contributed by atoms with Crippen LogP contribution in [0.4, 0.5) is 0 Å². The molecule has 0 radical (unpaired) electrons. The Morgan fingerprint density at radius 2 is 1.87 bits per heavy atom. The molecule has 0 bridgehead atoms. The van der Waals surface area contributed by atoms with Crippen molar-refractivity contribution in [3.63, 3.8) is 0 Å². The molecule has 0 aliphatic rings. The largest absolute Gasteiger partial charge is 0.395 e. The van der Waals surface area contributed by atoms with Crippen molar-refractivity contribution in [2.75, 3.05) is 13.2 Å². The van der Waals surface area contributed by atoms with Crippen LogP contribution in [0.1, 0.15) is 5.56 Å². The van der Waals surface area contributed by atoms with Crippen molar-refractivity contribution in [2.45, 2.75) is 11.4 Å². The van der Waals surface area contributed by atoms with E-state index in [0.29, 0.717) is 6.54 Å². The third kappa shape index (κ3) is 3.28. The van der Waals surface area contributed by atoms with Crippen LogP contribution in [0.5, 0.6) is 0 Å². The van der Waals surface area contributed by atoms with Gasteiger partial charge in [0.15, 0.2) is 0 Å². The molecular weight excluding hydrogens is 216 g/mol. The lowest BCUT2D eigenvalue weighted by Gasteiger charge is -2.05. The monoisotopic (exact) mass is 230 g/mol. The second kappa shape index (κ2) is 5.22. The van der Waals surface area contributed by atoms with Crippen molar-refractivity contribution in [2.24, 2.45) is 5.73 Å². The van der Waals surface area contributed by atoms with E-state index in [1.54, 1.807) is 12.1 Å². The smallest absolute Gasteiger partial charge is 0.240 e. The third-order valence-corrected chi connectivity index (χ3v) is 3.35. The summed E-state index contributed by atoms with van der Waals surface area (Å²) in [5.74, 6) is 0. The van der Waals surface area contributed by atoms with E-state index in [1.807, 2.05) is 0 Å². The van der Waals surface area contributed by atoms with E-state index in [4.69, 9.17) is 10.8 Å². The highest BCUT2D eigenvalue weighted by Crippen LogP contribution is 2.09. The highest BCUT2D eigenvalue weighted by atomic mass is 32.2. The van der Waals surface area contributed by atoms with Crippen LogP contribution in [0.3, 0.4) is 0 Å². The summed E-state index contributed by atoms with van der Waals surface area (Å²) in [6.07, 6.45) is 0. The molecule has 0 aliphatic heterocycles. The van der Waals surface area contributed by atoms with E-state index in [-0.39, 0.29) is 18.0 Å². The zero-order valence-electron chi connectivity index (χ0n) is 8.18. The standard InChI is InChI=1S/C9H14N2O3S/c10-7-8-1-3-9(4-2-8)15(13,14)11-5-6-12/h1-4,11-12H,5-7,10H2. The van der Waals surface area contributed by atoms with Gasteiger partial charge in [-0.15, -0.1) is 0 Å². The molecule has 84 valence electrons. The molecule has 0 amide bonds. The first-order valence-electron chi connectivity index (χ1n) is 4.49. The summed E-state index contributed by atoms with van der Waals surface area (Å²) in [7, 11) is -3.50. The van der Waals surface area contributed by atoms with E-state index < -0.39 is 10.0 Å². The Hall–Kier alpha value is -0.950. The normalized spacial score (nSPS) is 11.6. The summed E-state index contributed by atoms with van der Waals surface area (Å²) >= 11 is 0. The van der Waals surface area contributed by atoms with Gasteiger partial charge in [-0.05, 0) is 17.7 Å². The van der Waals surface area contributed by atoms with Crippen LogP contribution in [0.15, 0.2) is 29.2 Å². The predicted octanol–water partition coefficient (Wildman–Crippen LogP) is -0.584. The highest BCUT2D eigenvalue weighted by molar-refractivity contribution is 7.89. The fourth-order valence-corrected chi connectivity index (χ4v) is 2.09. The number of hydrogen-bond donors (Lipinski definition) is 3. The molecule has 6 heteroatoms. The van der Waals surface area contributed by atoms with Gasteiger partial charge in [0.1, 0.15) is 0 Å². The molecule has 0 aromatic heterocycles. The maximum Gasteiger partial charge on any atom is 0.240 e. The summed E-state index contributed by atoms with van der Waals surface area (Å²) in [4.78, 5) is 0.174. The SMILES string of the molecule is NCc1ccc(S(=O)(=O)NCCO)cc1. The zero-order valence-corrected chi connectivity index (χ0v) is 9.00. The van der Waals surface area contributed by atoms with E-state index in [2.05, 4.69) is 4.72 Å². The minimum absolute atomic E-state index is 0.0149. The van der Waals surface area contributed by atoms with E-state index >= 15 is 0 Å². The Balaban J connectivity index is 2.86. The molecule has 0 fully saturated rings. The number of aliphatic hydroxyl groups is 1. The van der Waals surface area contributed by atoms with Crippen LogP contribution < -0.4 is 10.5 Å². The predicted molar refractivity (Wildman–Crippen MR) is 56.6 cm³/mol. The summed E-state index contributed by atoms with van der Waals surface area (Å²) in [6.45, 7) is 0.172. The van der Waals surface area contributed by atoms with Crippen molar-refractivity contribution in [1.82, 2.24) is 4.72 Å². The van der Waals surface area contributed by atoms with Gasteiger partial charge in [0.05, 0.1) is 11.5 Å². The molecule has 0 heterocycles. The van der Waals surface area contributed by atoms with Crippen molar-refractivity contribution >= 4 is 10.0 Å². The van der Waals surface area contributed by atoms with Crippen LogP contribution in [0, 0.1) is 0 Å². The van der Waals surface area contributed by atoms with Crippen molar-refractivity contribution in [1.29, 1.82) is 0 Å². The number of aliphatic hydroxyl groups excluding tert-OH is 1. The first kappa shape index (κ1) is 12.1. The number of hydrogen-bond acceptors (Lipinski definition) is 4. The maximum atomic E-state index is 11.5. The Bertz CT molecular complexity index is 400. The Morgan fingerprint density at radius 1 is 1.27 bits per heavy atom. The number of benzene rings is 1. The molecule has 0 spiro atoms. The lowest BCUT2D eigenvalue weighted by atomic mass is 10.2. The lowest BCUT2D eigenvalue weighted by Crippen LogP contribution is -2.26. The fourth-order valence-electron chi connectivity index (χ4n) is 1.07. The molecular formula is C9H14N2O3S. The average Bonchev–Trinajstić information content (AvgIpc) is 2.26. The van der Waals surface area contributed by atoms with Gasteiger partial charge < -0.3 is 10.8 Å². The summed E-state index contributed by atoms with van der Waals surface area (Å²) in [5.41, 5.74) is 6.26. The summed E-state index contributed by atoms with van der Waals surface area (Å²) in [5, 5.41) is 8.52. The maximum absolute atomic E-state index is 11.5. The second-order valence-electron chi connectivity index (χ2n) is 2.97. The van der Waals surface area contributed by atoms with Crippen LogP contribution in [0.2, 0.25) is 0 Å². The van der Waals surface area contributed by atoms with Gasteiger partial charge >= 0.3 is 0 Å².